The summed E-state index contributed by atoms with van der Waals surface area (Å²) in [5.74, 6) is 0.0927. The van der Waals surface area contributed by atoms with E-state index in [0.717, 1.165) is 5.01 Å². The number of hydrazine groups is 1. The third kappa shape index (κ3) is 2.51. The Morgan fingerprint density at radius 1 is 1.31 bits per heavy atom. The summed E-state index contributed by atoms with van der Waals surface area (Å²) in [7, 11) is 0. The number of carbonyl (C=O) groups is 1. The molecule has 0 saturated carbocycles. The quantitative estimate of drug-likeness (QED) is 0.776. The molecule has 0 aliphatic carbocycles. The van der Waals surface area contributed by atoms with Crippen molar-refractivity contribution in [2.75, 3.05) is 5.43 Å². The Balaban J connectivity index is 1.94. The van der Waals surface area contributed by atoms with Gasteiger partial charge in [-0.05, 0) is 13.0 Å². The molecule has 0 aliphatic heterocycles. The van der Waals surface area contributed by atoms with Crippen molar-refractivity contribution in [1.82, 2.24) is 20.4 Å². The van der Waals surface area contributed by atoms with Crippen LogP contribution in [0.5, 0.6) is 0 Å². The van der Waals surface area contributed by atoms with Crippen LogP contribution < -0.4 is 10.9 Å². The standard InChI is InChI=1S/C9H9N5OS/c1-6-12-5-7(16-6)8(15)13-14-9-10-3-2-4-11-9/h2-5H,1H3,(H,13,15)(H,10,11,14). The molecule has 2 aromatic rings. The lowest BCUT2D eigenvalue weighted by atomic mass is 10.5. The fourth-order valence-corrected chi connectivity index (χ4v) is 1.68. The van der Waals surface area contributed by atoms with Crippen molar-refractivity contribution in [2.24, 2.45) is 0 Å². The van der Waals surface area contributed by atoms with Gasteiger partial charge < -0.3 is 0 Å². The van der Waals surface area contributed by atoms with Crippen molar-refractivity contribution in [1.29, 1.82) is 0 Å². The van der Waals surface area contributed by atoms with E-state index in [2.05, 4.69) is 25.8 Å². The second kappa shape index (κ2) is 4.67. The zero-order valence-corrected chi connectivity index (χ0v) is 9.28. The highest BCUT2D eigenvalue weighted by Crippen LogP contribution is 2.10. The second-order valence-corrected chi connectivity index (χ2v) is 4.13. The smallest absolute Gasteiger partial charge is 0.266 e. The van der Waals surface area contributed by atoms with Crippen LogP contribution in [0.1, 0.15) is 14.7 Å². The molecule has 1 amide bonds. The number of hydrogen-bond acceptors (Lipinski definition) is 6. The fourth-order valence-electron chi connectivity index (χ4n) is 1.00. The van der Waals surface area contributed by atoms with Gasteiger partial charge in [-0.3, -0.25) is 15.6 Å². The monoisotopic (exact) mass is 235 g/mol. The predicted molar refractivity (Wildman–Crippen MR) is 60.0 cm³/mol. The second-order valence-electron chi connectivity index (χ2n) is 2.90. The molecular formula is C9H9N5OS. The number of aryl methyl sites for hydroxylation is 1. The van der Waals surface area contributed by atoms with Crippen LogP contribution in [-0.2, 0) is 0 Å². The molecule has 0 unspecified atom stereocenters. The highest BCUT2D eigenvalue weighted by molar-refractivity contribution is 7.13. The third-order valence-corrected chi connectivity index (χ3v) is 2.61. The van der Waals surface area contributed by atoms with Crippen molar-refractivity contribution >= 4 is 23.2 Å². The van der Waals surface area contributed by atoms with E-state index in [9.17, 15) is 4.79 Å². The summed E-state index contributed by atoms with van der Waals surface area (Å²) < 4.78 is 0. The Morgan fingerprint density at radius 2 is 2.06 bits per heavy atom. The van der Waals surface area contributed by atoms with Crippen molar-refractivity contribution in [2.45, 2.75) is 6.92 Å². The number of thiazole rings is 1. The van der Waals surface area contributed by atoms with Gasteiger partial charge in [0.05, 0.1) is 11.2 Å². The molecule has 2 aromatic heterocycles. The molecule has 7 heteroatoms. The molecule has 0 fully saturated rings. The number of nitrogens with one attached hydrogen (secondary N) is 2. The topological polar surface area (TPSA) is 79.8 Å². The molecule has 0 bridgehead atoms. The van der Waals surface area contributed by atoms with Crippen LogP contribution in [0.15, 0.2) is 24.7 Å². The molecule has 6 nitrogen and oxygen atoms in total. The maximum Gasteiger partial charge on any atom is 0.281 e. The first-order valence-electron chi connectivity index (χ1n) is 4.51. The zero-order valence-electron chi connectivity index (χ0n) is 8.47. The first-order valence-corrected chi connectivity index (χ1v) is 5.33. The van der Waals surface area contributed by atoms with E-state index in [1.54, 1.807) is 18.5 Å². The van der Waals surface area contributed by atoms with Gasteiger partial charge in [0.15, 0.2) is 0 Å². The summed E-state index contributed by atoms with van der Waals surface area (Å²) >= 11 is 1.33. The van der Waals surface area contributed by atoms with E-state index < -0.39 is 0 Å². The number of anilines is 1. The normalized spacial score (nSPS) is 9.81. The number of aromatic nitrogens is 3. The highest BCUT2D eigenvalue weighted by atomic mass is 32.1. The van der Waals surface area contributed by atoms with Gasteiger partial charge in [0.1, 0.15) is 4.88 Å². The summed E-state index contributed by atoms with van der Waals surface area (Å²) in [6, 6.07) is 1.69. The third-order valence-electron chi connectivity index (χ3n) is 1.70. The largest absolute Gasteiger partial charge is 0.281 e. The summed E-state index contributed by atoms with van der Waals surface area (Å²) in [4.78, 5) is 23.9. The molecule has 0 radical (unpaired) electrons. The average molecular weight is 235 g/mol. The maximum atomic E-state index is 11.6. The van der Waals surface area contributed by atoms with Gasteiger partial charge in [-0.25, -0.2) is 15.0 Å². The lowest BCUT2D eigenvalue weighted by molar-refractivity contribution is 0.0966. The van der Waals surface area contributed by atoms with Gasteiger partial charge in [0.2, 0.25) is 5.95 Å². The van der Waals surface area contributed by atoms with E-state index in [4.69, 9.17) is 0 Å². The highest BCUT2D eigenvalue weighted by Gasteiger charge is 2.08. The molecule has 0 aliphatic rings. The SMILES string of the molecule is Cc1ncc(C(=O)NNc2ncccn2)s1. The van der Waals surface area contributed by atoms with Gasteiger partial charge in [-0.2, -0.15) is 0 Å². The van der Waals surface area contributed by atoms with Crippen LogP contribution >= 0.6 is 11.3 Å². The first-order chi connectivity index (χ1) is 7.75. The predicted octanol–water partition coefficient (Wildman–Crippen LogP) is 0.998. The number of nitrogens with zero attached hydrogens (tertiary/aromatic N) is 3. The van der Waals surface area contributed by atoms with Crippen LogP contribution in [0.25, 0.3) is 0 Å². The molecule has 0 aromatic carbocycles. The molecule has 2 N–H and O–H groups in total. The van der Waals surface area contributed by atoms with E-state index in [-0.39, 0.29) is 5.91 Å². The van der Waals surface area contributed by atoms with Gasteiger partial charge in [0, 0.05) is 12.4 Å². The number of carbonyl (C=O) groups excluding carboxylic acids is 1. The molecule has 82 valence electrons. The van der Waals surface area contributed by atoms with Crippen LogP contribution in [0.4, 0.5) is 5.95 Å². The minimum Gasteiger partial charge on any atom is -0.266 e. The lowest BCUT2D eigenvalue weighted by Crippen LogP contribution is -2.29. The van der Waals surface area contributed by atoms with E-state index in [0.29, 0.717) is 10.8 Å². The summed E-state index contributed by atoms with van der Waals surface area (Å²) in [6.45, 7) is 1.84. The molecule has 0 spiro atoms. The molecule has 16 heavy (non-hydrogen) atoms. The zero-order chi connectivity index (χ0) is 11.4. The van der Waals surface area contributed by atoms with E-state index in [1.807, 2.05) is 6.92 Å². The van der Waals surface area contributed by atoms with Crippen molar-refractivity contribution in [3.05, 3.63) is 34.5 Å². The van der Waals surface area contributed by atoms with Crippen LogP contribution in [0, 0.1) is 6.92 Å². The van der Waals surface area contributed by atoms with E-state index >= 15 is 0 Å². The van der Waals surface area contributed by atoms with Crippen molar-refractivity contribution < 1.29 is 4.79 Å². The Kier molecular flexibility index (Phi) is 3.06. The number of rotatable bonds is 3. The van der Waals surface area contributed by atoms with Crippen molar-refractivity contribution in [3.63, 3.8) is 0 Å². The van der Waals surface area contributed by atoms with Crippen LogP contribution in [0.2, 0.25) is 0 Å². The summed E-state index contributed by atoms with van der Waals surface area (Å²) in [5, 5.41) is 0.848. The van der Waals surface area contributed by atoms with Gasteiger partial charge in [0.25, 0.3) is 5.91 Å². The van der Waals surface area contributed by atoms with Gasteiger partial charge >= 0.3 is 0 Å². The first kappa shape index (κ1) is 10.5. The Labute approximate surface area is 95.7 Å². The molecule has 0 saturated heterocycles. The van der Waals surface area contributed by atoms with Gasteiger partial charge in [-0.1, -0.05) is 0 Å². The summed E-state index contributed by atoms with van der Waals surface area (Å²) in [6.07, 6.45) is 4.69. The van der Waals surface area contributed by atoms with Crippen LogP contribution in [-0.4, -0.2) is 20.9 Å². The molecule has 2 heterocycles. The van der Waals surface area contributed by atoms with Crippen molar-refractivity contribution in [3.8, 4) is 0 Å². The molecule has 0 atom stereocenters. The van der Waals surface area contributed by atoms with E-state index in [1.165, 1.54) is 17.5 Å². The average Bonchev–Trinajstić information content (AvgIpc) is 2.74. The Bertz CT molecular complexity index is 484. The lowest BCUT2D eigenvalue weighted by Gasteiger charge is -2.03. The van der Waals surface area contributed by atoms with Gasteiger partial charge in [-0.15, -0.1) is 11.3 Å². The number of hydrogen-bond donors (Lipinski definition) is 2. The fraction of sp³-hybridized carbons (Fsp3) is 0.111. The molecular weight excluding hydrogens is 226 g/mol. The Hall–Kier alpha value is -2.02. The van der Waals surface area contributed by atoms with Crippen LogP contribution in [0.3, 0.4) is 0 Å². The minimum atomic E-state index is -0.252. The minimum absolute atomic E-state index is 0.252. The maximum absolute atomic E-state index is 11.6. The molecule has 2 rings (SSSR count). The summed E-state index contributed by atoms with van der Waals surface area (Å²) in [5.41, 5.74) is 5.09. The number of amides is 1. The Morgan fingerprint density at radius 3 is 2.69 bits per heavy atom.